The monoisotopic (exact) mass is 429 g/mol. The molecule has 0 aliphatic carbocycles. The van der Waals surface area contributed by atoms with Crippen LogP contribution in [0.1, 0.15) is 25.3 Å². The van der Waals surface area contributed by atoms with Gasteiger partial charge in [0.25, 0.3) is 0 Å². The van der Waals surface area contributed by atoms with Crippen molar-refractivity contribution in [2.24, 2.45) is 0 Å². The summed E-state index contributed by atoms with van der Waals surface area (Å²) in [4.78, 5) is 14.7. The van der Waals surface area contributed by atoms with Crippen molar-refractivity contribution in [1.29, 1.82) is 0 Å². The van der Waals surface area contributed by atoms with Crippen LogP contribution in [0.2, 0.25) is 5.02 Å². The van der Waals surface area contributed by atoms with Crippen molar-refractivity contribution in [3.05, 3.63) is 58.9 Å². The van der Waals surface area contributed by atoms with E-state index < -0.39 is 0 Å². The molecule has 0 bridgehead atoms. The number of carbonyl (C=O) groups is 1. The van der Waals surface area contributed by atoms with E-state index in [1.54, 1.807) is 37.3 Å². The molecule has 3 aromatic rings. The summed E-state index contributed by atoms with van der Waals surface area (Å²) in [7, 11) is 3.14. The molecule has 0 N–H and O–H groups in total. The Hall–Kier alpha value is -3.06. The fraction of sp³-hybridized carbons (Fsp3) is 0.318. The largest absolute Gasteiger partial charge is 0.493 e. The minimum atomic E-state index is -0.0605. The van der Waals surface area contributed by atoms with Crippen molar-refractivity contribution in [1.82, 2.24) is 15.1 Å². The number of nitrogens with zero attached hydrogens (tertiary/aromatic N) is 3. The third-order valence-electron chi connectivity index (χ3n) is 4.62. The van der Waals surface area contributed by atoms with Gasteiger partial charge in [-0.3, -0.25) is 4.79 Å². The number of benzene rings is 2. The maximum Gasteiger partial charge on any atom is 0.249 e. The van der Waals surface area contributed by atoms with Gasteiger partial charge in [-0.1, -0.05) is 29.8 Å². The molecule has 0 saturated heterocycles. The minimum absolute atomic E-state index is 0.0479. The first-order valence-electron chi connectivity index (χ1n) is 9.50. The third-order valence-corrected chi connectivity index (χ3v) is 4.95. The van der Waals surface area contributed by atoms with Gasteiger partial charge >= 0.3 is 0 Å². The van der Waals surface area contributed by atoms with Gasteiger partial charge in [0, 0.05) is 6.04 Å². The first-order valence-corrected chi connectivity index (χ1v) is 9.88. The molecule has 158 valence electrons. The number of halogens is 1. The number of methoxy groups -OCH3 is 2. The molecule has 0 spiro atoms. The van der Waals surface area contributed by atoms with Crippen LogP contribution in [0.3, 0.4) is 0 Å². The molecule has 8 heteroatoms. The van der Waals surface area contributed by atoms with E-state index in [4.69, 9.17) is 25.5 Å². The Morgan fingerprint density at radius 1 is 1.10 bits per heavy atom. The number of ether oxygens (including phenoxy) is 2. The second-order valence-corrected chi connectivity index (χ2v) is 7.37. The average molecular weight is 430 g/mol. The van der Waals surface area contributed by atoms with Crippen molar-refractivity contribution >= 4 is 17.5 Å². The van der Waals surface area contributed by atoms with E-state index in [1.165, 1.54) is 0 Å². The van der Waals surface area contributed by atoms with Gasteiger partial charge in [-0.05, 0) is 43.7 Å². The van der Waals surface area contributed by atoms with E-state index in [0.717, 1.165) is 5.56 Å². The lowest BCUT2D eigenvalue weighted by molar-refractivity contribution is -0.133. The predicted octanol–water partition coefficient (Wildman–Crippen LogP) is 4.39. The van der Waals surface area contributed by atoms with Crippen LogP contribution in [0.5, 0.6) is 11.5 Å². The van der Waals surface area contributed by atoms with Gasteiger partial charge in [-0.15, -0.1) is 10.2 Å². The minimum Gasteiger partial charge on any atom is -0.493 e. The van der Waals surface area contributed by atoms with E-state index in [0.29, 0.717) is 33.9 Å². The van der Waals surface area contributed by atoms with Gasteiger partial charge in [0.15, 0.2) is 11.5 Å². The van der Waals surface area contributed by atoms with Crippen molar-refractivity contribution in [2.75, 3.05) is 14.2 Å². The maximum absolute atomic E-state index is 13.0. The fourth-order valence-electron chi connectivity index (χ4n) is 3.03. The third kappa shape index (κ3) is 4.91. The molecule has 0 radical (unpaired) electrons. The Morgan fingerprint density at radius 2 is 1.83 bits per heavy atom. The topological polar surface area (TPSA) is 77.7 Å². The summed E-state index contributed by atoms with van der Waals surface area (Å²) in [6.07, 6.45) is 0.212. The molecule has 1 amide bonds. The number of hydrogen-bond acceptors (Lipinski definition) is 6. The first kappa shape index (κ1) is 21.6. The molecule has 0 atom stereocenters. The zero-order chi connectivity index (χ0) is 21.7. The highest BCUT2D eigenvalue weighted by atomic mass is 35.5. The molecule has 1 heterocycles. The number of hydrogen-bond donors (Lipinski definition) is 0. The summed E-state index contributed by atoms with van der Waals surface area (Å²) in [5, 5.41) is 8.69. The number of aromatic nitrogens is 2. The molecular formula is C22H24ClN3O4. The highest BCUT2D eigenvalue weighted by Crippen LogP contribution is 2.29. The van der Waals surface area contributed by atoms with Crippen LogP contribution in [0.25, 0.3) is 11.5 Å². The summed E-state index contributed by atoms with van der Waals surface area (Å²) < 4.78 is 16.3. The second kappa shape index (κ2) is 9.63. The standard InChI is InChI=1S/C22H24ClN3O4/c1-14(2)26(21(27)12-15-9-10-18(28-3)19(11-15)29-4)13-20-24-25-22(30-20)16-7-5-6-8-17(16)23/h5-11,14H,12-13H2,1-4H3. The lowest BCUT2D eigenvalue weighted by atomic mass is 10.1. The molecule has 0 aliphatic heterocycles. The number of amides is 1. The van der Waals surface area contributed by atoms with Crippen molar-refractivity contribution in [2.45, 2.75) is 32.9 Å². The Labute approximate surface area is 180 Å². The fourth-order valence-corrected chi connectivity index (χ4v) is 3.25. The van der Waals surface area contributed by atoms with Crippen LogP contribution in [-0.2, 0) is 17.8 Å². The van der Waals surface area contributed by atoms with Gasteiger partial charge in [0.1, 0.15) is 0 Å². The molecule has 2 aromatic carbocycles. The molecule has 3 rings (SSSR count). The van der Waals surface area contributed by atoms with Crippen LogP contribution in [0.15, 0.2) is 46.9 Å². The van der Waals surface area contributed by atoms with Crippen LogP contribution < -0.4 is 9.47 Å². The van der Waals surface area contributed by atoms with Gasteiger partial charge in [-0.2, -0.15) is 0 Å². The quantitative estimate of drug-likeness (QED) is 0.528. The maximum atomic E-state index is 13.0. The van der Waals surface area contributed by atoms with Gasteiger partial charge in [-0.25, -0.2) is 0 Å². The molecule has 7 nitrogen and oxygen atoms in total. The Balaban J connectivity index is 1.75. The van der Waals surface area contributed by atoms with E-state index in [9.17, 15) is 4.79 Å². The normalized spacial score (nSPS) is 10.9. The van der Waals surface area contributed by atoms with Crippen molar-refractivity contribution < 1.29 is 18.7 Å². The molecule has 30 heavy (non-hydrogen) atoms. The van der Waals surface area contributed by atoms with Crippen LogP contribution in [-0.4, -0.2) is 41.3 Å². The molecule has 1 aromatic heterocycles. The van der Waals surface area contributed by atoms with E-state index in [-0.39, 0.29) is 24.9 Å². The number of carbonyl (C=O) groups excluding carboxylic acids is 1. The summed E-state index contributed by atoms with van der Waals surface area (Å²) in [5.74, 6) is 1.81. The predicted molar refractivity (Wildman–Crippen MR) is 114 cm³/mol. The van der Waals surface area contributed by atoms with E-state index >= 15 is 0 Å². The Kier molecular flexibility index (Phi) is 6.95. The summed E-state index contributed by atoms with van der Waals surface area (Å²) in [6, 6.07) is 12.6. The highest BCUT2D eigenvalue weighted by molar-refractivity contribution is 6.33. The Morgan fingerprint density at radius 3 is 2.50 bits per heavy atom. The molecule has 0 fully saturated rings. The van der Waals surface area contributed by atoms with Crippen LogP contribution in [0.4, 0.5) is 0 Å². The zero-order valence-corrected chi connectivity index (χ0v) is 18.1. The van der Waals surface area contributed by atoms with Gasteiger partial charge in [0.05, 0.1) is 37.8 Å². The molecule has 0 aliphatic rings. The van der Waals surface area contributed by atoms with Crippen molar-refractivity contribution in [3.8, 4) is 23.0 Å². The first-order chi connectivity index (χ1) is 14.4. The SMILES string of the molecule is COc1ccc(CC(=O)N(Cc2nnc(-c3ccccc3Cl)o2)C(C)C)cc1OC. The van der Waals surface area contributed by atoms with Crippen LogP contribution >= 0.6 is 11.6 Å². The summed E-state index contributed by atoms with van der Waals surface area (Å²) in [5.41, 5.74) is 1.48. The van der Waals surface area contributed by atoms with E-state index in [2.05, 4.69) is 10.2 Å². The molecular weight excluding hydrogens is 406 g/mol. The van der Waals surface area contributed by atoms with Crippen molar-refractivity contribution in [3.63, 3.8) is 0 Å². The molecule has 0 saturated carbocycles. The number of rotatable bonds is 8. The smallest absolute Gasteiger partial charge is 0.249 e. The van der Waals surface area contributed by atoms with Crippen LogP contribution in [0, 0.1) is 0 Å². The summed E-state index contributed by atoms with van der Waals surface area (Å²) >= 11 is 6.20. The lowest BCUT2D eigenvalue weighted by Crippen LogP contribution is -2.37. The highest BCUT2D eigenvalue weighted by Gasteiger charge is 2.22. The zero-order valence-electron chi connectivity index (χ0n) is 17.4. The summed E-state index contributed by atoms with van der Waals surface area (Å²) in [6.45, 7) is 4.09. The van der Waals surface area contributed by atoms with Gasteiger partial charge in [0.2, 0.25) is 17.7 Å². The average Bonchev–Trinajstić information content (AvgIpc) is 3.20. The Bertz CT molecular complexity index is 1020. The second-order valence-electron chi connectivity index (χ2n) is 6.96. The van der Waals surface area contributed by atoms with Gasteiger partial charge < -0.3 is 18.8 Å². The van der Waals surface area contributed by atoms with E-state index in [1.807, 2.05) is 38.1 Å². The lowest BCUT2D eigenvalue weighted by Gasteiger charge is -2.25. The molecule has 0 unspecified atom stereocenters.